The lowest BCUT2D eigenvalue weighted by atomic mass is 10.2. The number of methoxy groups -OCH3 is 1. The van der Waals surface area contributed by atoms with Crippen LogP contribution in [0.2, 0.25) is 5.02 Å². The molecular formula is C13H11ClN4O. The van der Waals surface area contributed by atoms with Gasteiger partial charge in [0.25, 0.3) is 0 Å². The normalized spacial score (nSPS) is 9.79. The van der Waals surface area contributed by atoms with Crippen LogP contribution in [0.5, 0.6) is 5.75 Å². The largest absolute Gasteiger partial charge is 0.495 e. The third-order valence-corrected chi connectivity index (χ3v) is 2.92. The molecular weight excluding hydrogens is 264 g/mol. The highest BCUT2D eigenvalue weighted by Crippen LogP contribution is 2.32. The Kier molecular flexibility index (Phi) is 3.83. The van der Waals surface area contributed by atoms with Crippen molar-refractivity contribution < 1.29 is 4.74 Å². The fourth-order valence-corrected chi connectivity index (χ4v) is 1.67. The van der Waals surface area contributed by atoms with Crippen molar-refractivity contribution in [2.75, 3.05) is 12.4 Å². The third kappa shape index (κ3) is 2.92. The Labute approximate surface area is 115 Å². The Hall–Kier alpha value is -2.32. The lowest BCUT2D eigenvalue weighted by Crippen LogP contribution is -1.98. The summed E-state index contributed by atoms with van der Waals surface area (Å²) in [5, 5.41) is 12.4. The Bertz CT molecular complexity index is 634. The first-order valence-corrected chi connectivity index (χ1v) is 5.85. The number of nitrogens with one attached hydrogen (secondary N) is 1. The van der Waals surface area contributed by atoms with Gasteiger partial charge in [0.15, 0.2) is 5.69 Å². The molecule has 19 heavy (non-hydrogen) atoms. The van der Waals surface area contributed by atoms with Gasteiger partial charge in [-0.25, -0.2) is 9.97 Å². The van der Waals surface area contributed by atoms with E-state index in [0.29, 0.717) is 16.6 Å². The van der Waals surface area contributed by atoms with Crippen molar-refractivity contribution in [3.05, 3.63) is 40.8 Å². The molecule has 0 aliphatic carbocycles. The van der Waals surface area contributed by atoms with E-state index in [-0.39, 0.29) is 5.69 Å². The second-order valence-corrected chi connectivity index (χ2v) is 4.23. The molecule has 0 bridgehead atoms. The zero-order chi connectivity index (χ0) is 13.8. The van der Waals surface area contributed by atoms with Gasteiger partial charge in [-0.1, -0.05) is 11.6 Å². The predicted molar refractivity (Wildman–Crippen MR) is 72.8 cm³/mol. The van der Waals surface area contributed by atoms with E-state index in [1.54, 1.807) is 13.2 Å². The number of ether oxygens (including phenoxy) is 1. The number of anilines is 2. The molecule has 0 radical (unpaired) electrons. The molecule has 0 fully saturated rings. The van der Waals surface area contributed by atoms with Crippen molar-refractivity contribution >= 4 is 23.1 Å². The minimum atomic E-state index is 0.268. The topological polar surface area (TPSA) is 70.8 Å². The lowest BCUT2D eigenvalue weighted by Gasteiger charge is -2.12. The van der Waals surface area contributed by atoms with E-state index < -0.39 is 0 Å². The maximum atomic E-state index is 8.66. The molecule has 5 nitrogen and oxygen atoms in total. The number of rotatable bonds is 3. The minimum absolute atomic E-state index is 0.268. The van der Waals surface area contributed by atoms with Gasteiger partial charge in [-0.15, -0.1) is 0 Å². The summed E-state index contributed by atoms with van der Waals surface area (Å²) in [6.07, 6.45) is 2.89. The van der Waals surface area contributed by atoms with Gasteiger partial charge < -0.3 is 10.1 Å². The van der Waals surface area contributed by atoms with Crippen LogP contribution < -0.4 is 10.1 Å². The average molecular weight is 275 g/mol. The fraction of sp³-hybridized carbons (Fsp3) is 0.154. The molecule has 0 aliphatic heterocycles. The summed E-state index contributed by atoms with van der Waals surface area (Å²) in [6, 6.07) is 5.51. The zero-order valence-electron chi connectivity index (χ0n) is 10.4. The van der Waals surface area contributed by atoms with E-state index in [1.807, 2.05) is 19.1 Å². The highest BCUT2D eigenvalue weighted by molar-refractivity contribution is 6.31. The van der Waals surface area contributed by atoms with Crippen LogP contribution in [-0.4, -0.2) is 17.1 Å². The van der Waals surface area contributed by atoms with Crippen LogP contribution in [0.15, 0.2) is 24.5 Å². The van der Waals surface area contributed by atoms with E-state index in [2.05, 4.69) is 15.3 Å². The molecule has 2 rings (SSSR count). The van der Waals surface area contributed by atoms with Crippen molar-refractivity contribution in [3.63, 3.8) is 0 Å². The van der Waals surface area contributed by atoms with Crippen LogP contribution in [0.1, 0.15) is 11.3 Å². The first-order chi connectivity index (χ1) is 9.13. The average Bonchev–Trinajstić information content (AvgIpc) is 2.43. The van der Waals surface area contributed by atoms with E-state index in [4.69, 9.17) is 21.6 Å². The Morgan fingerprint density at radius 1 is 1.32 bits per heavy atom. The summed E-state index contributed by atoms with van der Waals surface area (Å²) in [5.41, 5.74) is 1.93. The molecule has 0 unspecified atom stereocenters. The molecule has 6 heteroatoms. The summed E-state index contributed by atoms with van der Waals surface area (Å²) < 4.78 is 5.25. The number of nitrogens with zero attached hydrogens (tertiary/aromatic N) is 3. The van der Waals surface area contributed by atoms with Crippen LogP contribution in [0.3, 0.4) is 0 Å². The molecule has 1 aromatic heterocycles. The number of aryl methyl sites for hydroxylation is 1. The first-order valence-electron chi connectivity index (χ1n) is 5.47. The number of halogens is 1. The van der Waals surface area contributed by atoms with Gasteiger partial charge in [-0.2, -0.15) is 5.26 Å². The van der Waals surface area contributed by atoms with Gasteiger partial charge in [0, 0.05) is 11.1 Å². The molecule has 0 atom stereocenters. The summed E-state index contributed by atoms with van der Waals surface area (Å²) in [4.78, 5) is 8.02. The first kappa shape index (κ1) is 13.1. The number of aromatic nitrogens is 2. The summed E-state index contributed by atoms with van der Waals surface area (Å²) in [6.45, 7) is 1.90. The maximum absolute atomic E-state index is 8.66. The standard InChI is InChI=1S/C13H11ClN4O/c1-8-3-11(12(19-2)4-10(8)14)18-13-7-16-9(5-15)6-17-13/h3-4,6-7H,1-2H3,(H,17,18). The fourth-order valence-electron chi connectivity index (χ4n) is 1.52. The third-order valence-electron chi connectivity index (χ3n) is 2.51. The molecule has 0 aliphatic rings. The van der Waals surface area contributed by atoms with E-state index in [1.165, 1.54) is 12.4 Å². The lowest BCUT2D eigenvalue weighted by molar-refractivity contribution is 0.416. The van der Waals surface area contributed by atoms with Crippen molar-refractivity contribution in [3.8, 4) is 11.8 Å². The number of hydrogen-bond acceptors (Lipinski definition) is 5. The van der Waals surface area contributed by atoms with Crippen LogP contribution in [0.25, 0.3) is 0 Å². The molecule has 0 saturated heterocycles. The van der Waals surface area contributed by atoms with Crippen molar-refractivity contribution in [2.45, 2.75) is 6.92 Å². The Balaban J connectivity index is 2.32. The van der Waals surface area contributed by atoms with Crippen LogP contribution in [-0.2, 0) is 0 Å². The molecule has 96 valence electrons. The SMILES string of the molecule is COc1cc(Cl)c(C)cc1Nc1cnc(C#N)cn1. The molecule has 0 spiro atoms. The van der Waals surface area contributed by atoms with Gasteiger partial charge in [-0.3, -0.25) is 0 Å². The maximum Gasteiger partial charge on any atom is 0.158 e. The second kappa shape index (κ2) is 5.55. The summed E-state index contributed by atoms with van der Waals surface area (Å²) in [7, 11) is 1.57. The summed E-state index contributed by atoms with van der Waals surface area (Å²) in [5.74, 6) is 1.14. The quantitative estimate of drug-likeness (QED) is 0.931. The van der Waals surface area contributed by atoms with Crippen LogP contribution >= 0.6 is 11.6 Å². The Morgan fingerprint density at radius 3 is 2.68 bits per heavy atom. The minimum Gasteiger partial charge on any atom is -0.495 e. The molecule has 1 aromatic carbocycles. The number of hydrogen-bond donors (Lipinski definition) is 1. The van der Waals surface area contributed by atoms with Gasteiger partial charge in [0.05, 0.1) is 25.2 Å². The van der Waals surface area contributed by atoms with E-state index >= 15 is 0 Å². The second-order valence-electron chi connectivity index (χ2n) is 3.83. The zero-order valence-corrected chi connectivity index (χ0v) is 11.2. The molecule has 1 heterocycles. The number of benzene rings is 1. The van der Waals surface area contributed by atoms with Gasteiger partial charge >= 0.3 is 0 Å². The van der Waals surface area contributed by atoms with Gasteiger partial charge in [-0.05, 0) is 18.6 Å². The molecule has 1 N–H and O–H groups in total. The predicted octanol–water partition coefficient (Wildman–Crippen LogP) is 3.06. The van der Waals surface area contributed by atoms with Crippen LogP contribution in [0.4, 0.5) is 11.5 Å². The molecule has 0 amide bonds. The smallest absolute Gasteiger partial charge is 0.158 e. The monoisotopic (exact) mass is 274 g/mol. The molecule has 2 aromatic rings. The summed E-state index contributed by atoms with van der Waals surface area (Å²) >= 11 is 6.04. The van der Waals surface area contributed by atoms with Crippen molar-refractivity contribution in [2.24, 2.45) is 0 Å². The van der Waals surface area contributed by atoms with Crippen LogP contribution in [0, 0.1) is 18.3 Å². The van der Waals surface area contributed by atoms with Gasteiger partial charge in [0.1, 0.15) is 17.6 Å². The van der Waals surface area contributed by atoms with Crippen molar-refractivity contribution in [1.29, 1.82) is 5.26 Å². The van der Waals surface area contributed by atoms with E-state index in [9.17, 15) is 0 Å². The highest BCUT2D eigenvalue weighted by Gasteiger charge is 2.08. The Morgan fingerprint density at radius 2 is 2.11 bits per heavy atom. The number of nitriles is 1. The highest BCUT2D eigenvalue weighted by atomic mass is 35.5. The van der Waals surface area contributed by atoms with Crippen molar-refractivity contribution in [1.82, 2.24) is 9.97 Å². The van der Waals surface area contributed by atoms with Gasteiger partial charge in [0.2, 0.25) is 0 Å². The molecule has 0 saturated carbocycles. The van der Waals surface area contributed by atoms with E-state index in [0.717, 1.165) is 11.3 Å².